The largest absolute Gasteiger partial charge is 0.345 e. The normalized spacial score (nSPS) is 13.7. The second-order valence-electron chi connectivity index (χ2n) is 5.90. The van der Waals surface area contributed by atoms with E-state index < -0.39 is 12.5 Å². The van der Waals surface area contributed by atoms with E-state index in [4.69, 9.17) is 0 Å². The highest BCUT2D eigenvalue weighted by atomic mass is 32.1. The van der Waals surface area contributed by atoms with Crippen LogP contribution in [0.25, 0.3) is 0 Å². The monoisotopic (exact) mass is 396 g/mol. The van der Waals surface area contributed by atoms with Crippen molar-refractivity contribution in [2.75, 3.05) is 0 Å². The van der Waals surface area contributed by atoms with Crippen molar-refractivity contribution >= 4 is 28.6 Å². The number of carbonyl (C=O) groups excluding carboxylic acids is 1. The van der Waals surface area contributed by atoms with Gasteiger partial charge >= 0.3 is 0 Å². The number of aromatic nitrogens is 3. The van der Waals surface area contributed by atoms with Crippen LogP contribution < -0.4 is 5.32 Å². The molecule has 0 radical (unpaired) electrons. The second-order valence-corrected chi connectivity index (χ2v) is 7.61. The lowest BCUT2D eigenvalue weighted by molar-refractivity contribution is -0.125. The van der Waals surface area contributed by atoms with Gasteiger partial charge in [-0.2, -0.15) is 16.4 Å². The summed E-state index contributed by atoms with van der Waals surface area (Å²) in [6.07, 6.45) is -0.342. The summed E-state index contributed by atoms with van der Waals surface area (Å²) in [5, 5.41) is 13.5. The molecule has 5 nitrogen and oxygen atoms in total. The fourth-order valence-electron chi connectivity index (χ4n) is 2.67. The molecule has 0 fully saturated rings. The quantitative estimate of drug-likeness (QED) is 0.647. The van der Waals surface area contributed by atoms with Crippen molar-refractivity contribution in [3.8, 4) is 0 Å². The predicted octanol–water partition coefficient (Wildman–Crippen LogP) is 4.31. The Bertz CT molecular complexity index is 846. The van der Waals surface area contributed by atoms with Crippen LogP contribution in [-0.2, 0) is 11.2 Å². The fourth-order valence-corrected chi connectivity index (χ4v) is 4.04. The van der Waals surface area contributed by atoms with Gasteiger partial charge in [-0.3, -0.25) is 9.48 Å². The minimum absolute atomic E-state index is 0.273. The molecule has 3 aromatic rings. The van der Waals surface area contributed by atoms with Gasteiger partial charge < -0.3 is 5.32 Å². The minimum Gasteiger partial charge on any atom is -0.345 e. The topological polar surface area (TPSA) is 59.8 Å². The molecule has 3 aromatic heterocycles. The van der Waals surface area contributed by atoms with Crippen molar-refractivity contribution in [3.05, 3.63) is 56.4 Å². The Balaban J connectivity index is 1.76. The third-order valence-electron chi connectivity index (χ3n) is 4.00. The Morgan fingerprint density at radius 3 is 2.77 bits per heavy atom. The summed E-state index contributed by atoms with van der Waals surface area (Å²) in [4.78, 5) is 17.0. The molecule has 0 aliphatic carbocycles. The number of nitrogens with zero attached hydrogens (tertiary/aromatic N) is 3. The van der Waals surface area contributed by atoms with Gasteiger partial charge in [0.2, 0.25) is 5.91 Å². The Morgan fingerprint density at radius 1 is 1.38 bits per heavy atom. The standard InChI is InChI=1S/C17H18F2N4OS2/c1-10-7-13(15(18)19)22-23(10)11(2)16(24)21-14(17-20-4-6-26-17)8-12-3-5-25-9-12/h3-7,9,11,14-15H,8H2,1-2H3,(H,21,24)/t11-,14-/m0/s1. The Labute approximate surface area is 157 Å². The summed E-state index contributed by atoms with van der Waals surface area (Å²) >= 11 is 3.06. The zero-order chi connectivity index (χ0) is 18.7. The van der Waals surface area contributed by atoms with Crippen LogP contribution in [0.1, 0.15) is 47.4 Å². The lowest BCUT2D eigenvalue weighted by Gasteiger charge is -2.20. The molecule has 0 spiro atoms. The van der Waals surface area contributed by atoms with Gasteiger partial charge in [-0.25, -0.2) is 13.8 Å². The first-order valence-corrected chi connectivity index (χ1v) is 9.83. The number of nitrogens with one attached hydrogen (secondary N) is 1. The predicted molar refractivity (Wildman–Crippen MR) is 97.7 cm³/mol. The van der Waals surface area contributed by atoms with Crippen molar-refractivity contribution in [3.63, 3.8) is 0 Å². The highest BCUT2D eigenvalue weighted by molar-refractivity contribution is 7.09. The first-order chi connectivity index (χ1) is 12.5. The van der Waals surface area contributed by atoms with E-state index in [1.54, 1.807) is 31.4 Å². The molecule has 2 atom stereocenters. The third-order valence-corrected chi connectivity index (χ3v) is 5.62. The summed E-state index contributed by atoms with van der Waals surface area (Å²) in [5.41, 5.74) is 1.31. The number of thiazole rings is 1. The summed E-state index contributed by atoms with van der Waals surface area (Å²) < 4.78 is 27.0. The molecule has 0 saturated heterocycles. The van der Waals surface area contributed by atoms with Gasteiger partial charge in [0.25, 0.3) is 6.43 Å². The van der Waals surface area contributed by atoms with Crippen LogP contribution in [0, 0.1) is 6.92 Å². The highest BCUT2D eigenvalue weighted by Crippen LogP contribution is 2.24. The zero-order valence-corrected chi connectivity index (χ0v) is 15.9. The van der Waals surface area contributed by atoms with E-state index >= 15 is 0 Å². The van der Waals surface area contributed by atoms with Crippen LogP contribution in [0.3, 0.4) is 0 Å². The van der Waals surface area contributed by atoms with Crippen molar-refractivity contribution in [1.82, 2.24) is 20.1 Å². The van der Waals surface area contributed by atoms with Gasteiger partial charge in [0.05, 0.1) is 6.04 Å². The van der Waals surface area contributed by atoms with Crippen molar-refractivity contribution in [2.24, 2.45) is 0 Å². The number of hydrogen-bond donors (Lipinski definition) is 1. The van der Waals surface area contributed by atoms with E-state index in [1.807, 2.05) is 22.2 Å². The summed E-state index contributed by atoms with van der Waals surface area (Å²) in [7, 11) is 0. The summed E-state index contributed by atoms with van der Waals surface area (Å²) in [6.45, 7) is 3.31. The van der Waals surface area contributed by atoms with Gasteiger partial charge in [-0.1, -0.05) is 0 Å². The average Bonchev–Trinajstić information content (AvgIpc) is 3.35. The third kappa shape index (κ3) is 4.16. The number of alkyl halides is 2. The van der Waals surface area contributed by atoms with Crippen LogP contribution in [0.15, 0.2) is 34.5 Å². The lowest BCUT2D eigenvalue weighted by Crippen LogP contribution is -2.35. The molecule has 138 valence electrons. The van der Waals surface area contributed by atoms with Crippen LogP contribution in [-0.4, -0.2) is 20.7 Å². The van der Waals surface area contributed by atoms with Crippen LogP contribution in [0.4, 0.5) is 8.78 Å². The average molecular weight is 396 g/mol. The van der Waals surface area contributed by atoms with E-state index in [-0.39, 0.29) is 17.6 Å². The second kappa shape index (κ2) is 8.05. The summed E-state index contributed by atoms with van der Waals surface area (Å²) in [5.74, 6) is -0.285. The van der Waals surface area contributed by atoms with E-state index in [2.05, 4.69) is 15.4 Å². The van der Waals surface area contributed by atoms with Gasteiger partial charge in [0.15, 0.2) is 0 Å². The molecule has 0 unspecified atom stereocenters. The van der Waals surface area contributed by atoms with Crippen LogP contribution in [0.2, 0.25) is 0 Å². The number of thiophene rings is 1. The number of halogens is 2. The maximum absolute atomic E-state index is 12.9. The molecule has 3 heterocycles. The maximum atomic E-state index is 12.9. The van der Waals surface area contributed by atoms with Crippen molar-refractivity contribution in [1.29, 1.82) is 0 Å². The van der Waals surface area contributed by atoms with E-state index in [1.165, 1.54) is 22.1 Å². The number of amides is 1. The van der Waals surface area contributed by atoms with E-state index in [0.717, 1.165) is 10.6 Å². The van der Waals surface area contributed by atoms with Gasteiger partial charge in [0.1, 0.15) is 16.7 Å². The van der Waals surface area contributed by atoms with Crippen molar-refractivity contribution in [2.45, 2.75) is 38.8 Å². The molecule has 3 rings (SSSR count). The molecular weight excluding hydrogens is 378 g/mol. The van der Waals surface area contributed by atoms with E-state index in [0.29, 0.717) is 12.1 Å². The SMILES string of the molecule is Cc1cc(C(F)F)nn1[C@@H](C)C(=O)N[C@@H](Cc1ccsc1)c1nccs1. The molecule has 1 amide bonds. The molecule has 1 N–H and O–H groups in total. The number of carbonyl (C=O) groups is 1. The Hall–Kier alpha value is -2.13. The molecule has 9 heteroatoms. The van der Waals surface area contributed by atoms with E-state index in [9.17, 15) is 13.6 Å². The fraction of sp³-hybridized carbons (Fsp3) is 0.353. The maximum Gasteiger partial charge on any atom is 0.282 e. The number of hydrogen-bond acceptors (Lipinski definition) is 5. The molecule has 0 aliphatic rings. The van der Waals surface area contributed by atoms with Gasteiger partial charge in [0, 0.05) is 23.7 Å². The molecule has 0 aliphatic heterocycles. The van der Waals surface area contributed by atoms with Crippen molar-refractivity contribution < 1.29 is 13.6 Å². The minimum atomic E-state index is -2.66. The smallest absolute Gasteiger partial charge is 0.282 e. The highest BCUT2D eigenvalue weighted by Gasteiger charge is 2.25. The van der Waals surface area contributed by atoms with Gasteiger partial charge in [-0.15, -0.1) is 11.3 Å². The Kier molecular flexibility index (Phi) is 5.77. The summed E-state index contributed by atoms with van der Waals surface area (Å²) in [6, 6.07) is 2.34. The Morgan fingerprint density at radius 2 is 2.19 bits per heavy atom. The number of aryl methyl sites for hydroxylation is 1. The number of rotatable bonds is 7. The molecule has 0 bridgehead atoms. The first-order valence-electron chi connectivity index (χ1n) is 8.00. The molecule has 0 aromatic carbocycles. The zero-order valence-electron chi connectivity index (χ0n) is 14.2. The molecule has 0 saturated carbocycles. The molecular formula is C17H18F2N4OS2. The van der Waals surface area contributed by atoms with Gasteiger partial charge in [-0.05, 0) is 42.3 Å². The first kappa shape index (κ1) is 18.7. The van der Waals surface area contributed by atoms with Crippen LogP contribution >= 0.6 is 22.7 Å². The lowest BCUT2D eigenvalue weighted by atomic mass is 10.1. The van der Waals surface area contributed by atoms with Crippen LogP contribution in [0.5, 0.6) is 0 Å². The molecule has 26 heavy (non-hydrogen) atoms.